The van der Waals surface area contributed by atoms with Crippen molar-refractivity contribution in [3.8, 4) is 28.6 Å². The molecule has 2 aromatic carbocycles. The first-order chi connectivity index (χ1) is 15.6. The Morgan fingerprint density at radius 3 is 2.34 bits per heavy atom. The summed E-state index contributed by atoms with van der Waals surface area (Å²) in [6, 6.07) is 11.3. The van der Waals surface area contributed by atoms with Crippen molar-refractivity contribution in [2.24, 2.45) is 0 Å². The molecule has 0 saturated heterocycles. The van der Waals surface area contributed by atoms with Crippen LogP contribution >= 0.6 is 11.8 Å². The molecule has 0 aliphatic heterocycles. The number of aromatic nitrogens is 8. The van der Waals surface area contributed by atoms with Crippen molar-refractivity contribution in [1.82, 2.24) is 40.4 Å². The molecular weight excluding hydrogens is 446 g/mol. The van der Waals surface area contributed by atoms with Crippen molar-refractivity contribution in [3.63, 3.8) is 0 Å². The van der Waals surface area contributed by atoms with Gasteiger partial charge in [-0.15, -0.1) is 10.2 Å². The average Bonchev–Trinajstić information content (AvgIpc) is 3.46. The van der Waals surface area contributed by atoms with Gasteiger partial charge in [0.1, 0.15) is 22.9 Å². The predicted octanol–water partition coefficient (Wildman–Crippen LogP) is 2.55. The van der Waals surface area contributed by atoms with E-state index in [1.807, 2.05) is 0 Å². The third kappa shape index (κ3) is 4.59. The summed E-state index contributed by atoms with van der Waals surface area (Å²) in [5, 5.41) is 24.1. The van der Waals surface area contributed by atoms with Gasteiger partial charge in [0.05, 0.1) is 25.7 Å². The van der Waals surface area contributed by atoms with Crippen molar-refractivity contribution < 1.29 is 23.0 Å². The Hall–Kier alpha value is -3.81. The number of benzene rings is 2. The molecule has 0 amide bonds. The number of alkyl halides is 2. The van der Waals surface area contributed by atoms with E-state index in [0.717, 1.165) is 0 Å². The maximum absolute atomic E-state index is 12.3. The average molecular weight is 462 g/mol. The van der Waals surface area contributed by atoms with Crippen LogP contribution in [0.2, 0.25) is 0 Å². The lowest BCUT2D eigenvalue weighted by Gasteiger charge is -2.11. The van der Waals surface area contributed by atoms with Gasteiger partial charge in [-0.1, -0.05) is 11.8 Å². The van der Waals surface area contributed by atoms with Gasteiger partial charge < -0.3 is 14.2 Å². The second-order valence-corrected chi connectivity index (χ2v) is 7.02. The molecule has 2 aromatic heterocycles. The van der Waals surface area contributed by atoms with E-state index in [4.69, 9.17) is 9.47 Å². The summed E-state index contributed by atoms with van der Waals surface area (Å²) in [6.45, 7) is -2.89. The molecule has 4 rings (SSSR count). The van der Waals surface area contributed by atoms with Crippen LogP contribution < -0.4 is 14.2 Å². The quantitative estimate of drug-likeness (QED) is 0.344. The Labute approximate surface area is 184 Å². The molecule has 4 aromatic rings. The van der Waals surface area contributed by atoms with Crippen LogP contribution in [-0.2, 0) is 5.75 Å². The van der Waals surface area contributed by atoms with Gasteiger partial charge >= 0.3 is 6.61 Å². The smallest absolute Gasteiger partial charge is 0.387 e. The van der Waals surface area contributed by atoms with E-state index in [1.165, 1.54) is 33.3 Å². The number of rotatable bonds is 9. The first-order valence-corrected chi connectivity index (χ1v) is 10.0. The van der Waals surface area contributed by atoms with Gasteiger partial charge in [-0.2, -0.15) is 18.1 Å². The van der Waals surface area contributed by atoms with E-state index in [1.54, 1.807) is 44.6 Å². The molecule has 0 aliphatic carbocycles. The van der Waals surface area contributed by atoms with Crippen LogP contribution in [-0.4, -0.2) is 61.2 Å². The van der Waals surface area contributed by atoms with Gasteiger partial charge in [-0.05, 0) is 57.3 Å². The second-order valence-electron chi connectivity index (χ2n) is 6.08. The van der Waals surface area contributed by atoms with Crippen LogP contribution in [0, 0.1) is 0 Å². The van der Waals surface area contributed by atoms with Crippen LogP contribution in [0.4, 0.5) is 8.78 Å². The summed E-state index contributed by atoms with van der Waals surface area (Å²) in [6.07, 6.45) is 0. The Balaban J connectivity index is 1.54. The predicted molar refractivity (Wildman–Crippen MR) is 108 cm³/mol. The van der Waals surface area contributed by atoms with Crippen LogP contribution in [0.5, 0.6) is 17.2 Å². The van der Waals surface area contributed by atoms with Crippen molar-refractivity contribution in [2.45, 2.75) is 17.5 Å². The monoisotopic (exact) mass is 462 g/mol. The van der Waals surface area contributed by atoms with Crippen molar-refractivity contribution in [2.75, 3.05) is 14.2 Å². The molecule has 0 atom stereocenters. The summed E-state index contributed by atoms with van der Waals surface area (Å²) in [5.41, 5.74) is 1.19. The molecule has 2 heterocycles. The molecule has 0 spiro atoms. The summed E-state index contributed by atoms with van der Waals surface area (Å²) >= 11 is 1.30. The first-order valence-electron chi connectivity index (χ1n) is 9.05. The maximum Gasteiger partial charge on any atom is 0.387 e. The summed E-state index contributed by atoms with van der Waals surface area (Å²) in [7, 11) is 3.11. The number of halogens is 2. The Kier molecular flexibility index (Phi) is 6.39. The van der Waals surface area contributed by atoms with E-state index in [9.17, 15) is 8.78 Å². The van der Waals surface area contributed by atoms with Crippen molar-refractivity contribution >= 4 is 11.8 Å². The zero-order valence-corrected chi connectivity index (χ0v) is 17.6. The molecular formula is C18H16F2N8O3S. The van der Waals surface area contributed by atoms with Crippen LogP contribution in [0.15, 0.2) is 47.6 Å². The number of hydrogen-bond donors (Lipinski definition) is 0. The molecule has 0 fully saturated rings. The molecule has 0 bridgehead atoms. The SMILES string of the molecule is COc1ccc(OC)c(-n2nnnc2SCc2nnnn2-c2ccc(OC(F)F)cc2)c1. The minimum absolute atomic E-state index is 0.0409. The zero-order chi connectivity index (χ0) is 22.5. The first kappa shape index (κ1) is 21.4. The lowest BCUT2D eigenvalue weighted by molar-refractivity contribution is -0.0498. The van der Waals surface area contributed by atoms with Gasteiger partial charge in [0.2, 0.25) is 5.16 Å². The van der Waals surface area contributed by atoms with E-state index >= 15 is 0 Å². The number of thioether (sulfide) groups is 1. The standard InChI is InChI=1S/C18H16F2N8O3S/c1-29-13-7-8-15(30-2)14(9-13)28-18(22-24-26-28)32-10-16-21-23-25-27(16)11-3-5-12(6-4-11)31-17(19)20/h3-9,17H,10H2,1-2H3. The van der Waals surface area contributed by atoms with Crippen LogP contribution in [0.3, 0.4) is 0 Å². The molecule has 0 saturated carbocycles. The van der Waals surface area contributed by atoms with Gasteiger partial charge in [-0.3, -0.25) is 0 Å². The molecule has 32 heavy (non-hydrogen) atoms. The fourth-order valence-electron chi connectivity index (χ4n) is 2.78. The van der Waals surface area contributed by atoms with E-state index in [-0.39, 0.29) is 5.75 Å². The third-order valence-corrected chi connectivity index (χ3v) is 5.14. The molecule has 0 N–H and O–H groups in total. The van der Waals surface area contributed by atoms with Gasteiger partial charge in [-0.25, -0.2) is 0 Å². The highest BCUT2D eigenvalue weighted by Gasteiger charge is 2.17. The largest absolute Gasteiger partial charge is 0.497 e. The fraction of sp³-hybridized carbons (Fsp3) is 0.222. The van der Waals surface area contributed by atoms with Crippen molar-refractivity contribution in [1.29, 1.82) is 0 Å². The summed E-state index contributed by atoms with van der Waals surface area (Å²) < 4.78 is 42.7. The van der Waals surface area contributed by atoms with Gasteiger partial charge in [0, 0.05) is 6.07 Å². The number of ether oxygens (including phenoxy) is 3. The zero-order valence-electron chi connectivity index (χ0n) is 16.8. The molecule has 0 radical (unpaired) electrons. The maximum atomic E-state index is 12.3. The summed E-state index contributed by atoms with van der Waals surface area (Å²) in [5.74, 6) is 2.06. The lowest BCUT2D eigenvalue weighted by atomic mass is 10.3. The van der Waals surface area contributed by atoms with Crippen LogP contribution in [0.25, 0.3) is 11.4 Å². The minimum Gasteiger partial charge on any atom is -0.497 e. The lowest BCUT2D eigenvalue weighted by Crippen LogP contribution is -2.05. The Bertz CT molecular complexity index is 1190. The fourth-order valence-corrected chi connectivity index (χ4v) is 3.57. The number of hydrogen-bond acceptors (Lipinski definition) is 10. The normalized spacial score (nSPS) is 11.0. The van der Waals surface area contributed by atoms with E-state index < -0.39 is 6.61 Å². The number of methoxy groups -OCH3 is 2. The van der Waals surface area contributed by atoms with Gasteiger partial charge in [0.15, 0.2) is 5.82 Å². The summed E-state index contributed by atoms with van der Waals surface area (Å²) in [4.78, 5) is 0. The van der Waals surface area contributed by atoms with Crippen LogP contribution in [0.1, 0.15) is 5.82 Å². The highest BCUT2D eigenvalue weighted by molar-refractivity contribution is 7.98. The van der Waals surface area contributed by atoms with Gasteiger partial charge in [0.25, 0.3) is 0 Å². The third-order valence-electron chi connectivity index (χ3n) is 4.23. The van der Waals surface area contributed by atoms with E-state index in [2.05, 4.69) is 35.8 Å². The minimum atomic E-state index is -2.89. The molecule has 0 aliphatic rings. The Morgan fingerprint density at radius 2 is 1.62 bits per heavy atom. The highest BCUT2D eigenvalue weighted by atomic mass is 32.2. The molecule has 14 heteroatoms. The highest BCUT2D eigenvalue weighted by Crippen LogP contribution is 2.30. The topological polar surface area (TPSA) is 115 Å². The van der Waals surface area contributed by atoms with Crippen molar-refractivity contribution in [3.05, 3.63) is 48.3 Å². The molecule has 166 valence electrons. The number of nitrogens with zero attached hydrogens (tertiary/aromatic N) is 8. The Morgan fingerprint density at radius 1 is 0.906 bits per heavy atom. The molecule has 0 unspecified atom stereocenters. The van der Waals surface area contributed by atoms with E-state index in [0.29, 0.717) is 39.6 Å². The molecule has 11 nitrogen and oxygen atoms in total. The second kappa shape index (κ2) is 9.55. The number of tetrazole rings is 2.